The van der Waals surface area contributed by atoms with E-state index in [0.717, 1.165) is 28.7 Å². The third-order valence-corrected chi connectivity index (χ3v) is 3.84. The number of aryl methyl sites for hydroxylation is 2. The lowest BCUT2D eigenvalue weighted by Crippen LogP contribution is -2.06. The zero-order chi connectivity index (χ0) is 11.8. The Balaban J connectivity index is 1.84. The highest BCUT2D eigenvalue weighted by Crippen LogP contribution is 2.35. The molecule has 1 unspecified atom stereocenters. The van der Waals surface area contributed by atoms with Crippen LogP contribution in [0.5, 0.6) is 0 Å². The molecule has 3 N–H and O–H groups in total. The van der Waals surface area contributed by atoms with Crippen LogP contribution in [-0.4, -0.2) is 10.2 Å². The fourth-order valence-corrected chi connectivity index (χ4v) is 2.94. The average Bonchev–Trinajstić information content (AvgIpc) is 2.86. The first-order valence-corrected chi connectivity index (χ1v) is 6.49. The normalized spacial score (nSPS) is 18.1. The van der Waals surface area contributed by atoms with Crippen LogP contribution in [0.2, 0.25) is 0 Å². The summed E-state index contributed by atoms with van der Waals surface area (Å²) in [6.07, 6.45) is 2.17. The summed E-state index contributed by atoms with van der Waals surface area (Å²) < 4.78 is 0. The number of anilines is 2. The Hall–Kier alpha value is -1.62. The predicted molar refractivity (Wildman–Crippen MR) is 70.2 cm³/mol. The summed E-state index contributed by atoms with van der Waals surface area (Å²) in [5.41, 5.74) is 9.33. The Morgan fingerprint density at radius 1 is 1.41 bits per heavy atom. The van der Waals surface area contributed by atoms with Gasteiger partial charge in [-0.2, -0.15) is 0 Å². The van der Waals surface area contributed by atoms with Gasteiger partial charge in [0.15, 0.2) is 0 Å². The Kier molecular flexibility index (Phi) is 2.48. The highest BCUT2D eigenvalue weighted by Gasteiger charge is 2.23. The van der Waals surface area contributed by atoms with Gasteiger partial charge in [0.2, 0.25) is 5.13 Å². The molecular weight excluding hydrogens is 232 g/mol. The zero-order valence-electron chi connectivity index (χ0n) is 9.60. The van der Waals surface area contributed by atoms with Gasteiger partial charge in [0.25, 0.3) is 0 Å². The van der Waals surface area contributed by atoms with E-state index in [0.29, 0.717) is 6.04 Å². The minimum absolute atomic E-state index is 0.345. The molecule has 5 heteroatoms. The Morgan fingerprint density at radius 3 is 3.06 bits per heavy atom. The molecule has 0 amide bonds. The number of nitrogen functional groups attached to an aromatic ring is 1. The topological polar surface area (TPSA) is 63.8 Å². The molecule has 1 aliphatic carbocycles. The van der Waals surface area contributed by atoms with E-state index < -0.39 is 0 Å². The summed E-state index contributed by atoms with van der Waals surface area (Å²) in [5.74, 6) is 0. The monoisotopic (exact) mass is 246 g/mol. The van der Waals surface area contributed by atoms with Crippen molar-refractivity contribution in [3.05, 3.63) is 34.3 Å². The zero-order valence-corrected chi connectivity index (χ0v) is 10.4. The summed E-state index contributed by atoms with van der Waals surface area (Å²) in [4.78, 5) is 0. The standard InChI is InChI=1S/C12H14N4S/c1-7-15-16-12(17-7)14-11-5-2-8-6-9(13)3-4-10(8)11/h3-4,6,11H,2,5,13H2,1H3,(H,14,16). The first-order chi connectivity index (χ1) is 8.22. The van der Waals surface area contributed by atoms with Crippen molar-refractivity contribution in [1.29, 1.82) is 0 Å². The molecule has 0 spiro atoms. The number of hydrogen-bond acceptors (Lipinski definition) is 5. The number of nitrogens with one attached hydrogen (secondary N) is 1. The minimum atomic E-state index is 0.345. The van der Waals surface area contributed by atoms with Crippen LogP contribution in [0.15, 0.2) is 18.2 Å². The molecule has 4 nitrogen and oxygen atoms in total. The molecule has 88 valence electrons. The Morgan fingerprint density at radius 2 is 2.29 bits per heavy atom. The van der Waals surface area contributed by atoms with Crippen LogP contribution < -0.4 is 11.1 Å². The van der Waals surface area contributed by atoms with Crippen LogP contribution in [0.4, 0.5) is 10.8 Å². The van der Waals surface area contributed by atoms with Gasteiger partial charge in [-0.25, -0.2) is 0 Å². The maximum Gasteiger partial charge on any atom is 0.206 e. The van der Waals surface area contributed by atoms with Gasteiger partial charge in [-0.3, -0.25) is 0 Å². The summed E-state index contributed by atoms with van der Waals surface area (Å²) in [7, 11) is 0. The molecule has 0 bridgehead atoms. The largest absolute Gasteiger partial charge is 0.399 e. The number of rotatable bonds is 2. The Labute approximate surface area is 104 Å². The molecule has 1 atom stereocenters. The molecule has 0 fully saturated rings. The summed E-state index contributed by atoms with van der Waals surface area (Å²) in [5, 5.41) is 13.4. The van der Waals surface area contributed by atoms with Crippen LogP contribution in [-0.2, 0) is 6.42 Å². The van der Waals surface area contributed by atoms with Gasteiger partial charge < -0.3 is 11.1 Å². The van der Waals surface area contributed by atoms with Gasteiger partial charge in [0.05, 0.1) is 6.04 Å². The maximum absolute atomic E-state index is 5.79. The van der Waals surface area contributed by atoms with E-state index in [4.69, 9.17) is 5.73 Å². The van der Waals surface area contributed by atoms with Crippen molar-refractivity contribution in [2.24, 2.45) is 0 Å². The molecule has 1 heterocycles. The molecule has 1 aliphatic rings. The SMILES string of the molecule is Cc1nnc(NC2CCc3cc(N)ccc32)s1. The van der Waals surface area contributed by atoms with Crippen LogP contribution in [0.25, 0.3) is 0 Å². The molecule has 2 aromatic rings. The van der Waals surface area contributed by atoms with Gasteiger partial charge in [-0.05, 0) is 43.0 Å². The molecule has 1 aromatic heterocycles. The van der Waals surface area contributed by atoms with Gasteiger partial charge >= 0.3 is 0 Å². The van der Waals surface area contributed by atoms with E-state index in [9.17, 15) is 0 Å². The average molecular weight is 246 g/mol. The minimum Gasteiger partial charge on any atom is -0.399 e. The van der Waals surface area contributed by atoms with Crippen molar-refractivity contribution in [2.45, 2.75) is 25.8 Å². The fraction of sp³-hybridized carbons (Fsp3) is 0.333. The van der Waals surface area contributed by atoms with Crippen molar-refractivity contribution < 1.29 is 0 Å². The van der Waals surface area contributed by atoms with E-state index in [-0.39, 0.29) is 0 Å². The van der Waals surface area contributed by atoms with E-state index in [1.165, 1.54) is 11.1 Å². The molecule has 0 saturated heterocycles. The number of aromatic nitrogens is 2. The second-order valence-corrected chi connectivity index (χ2v) is 5.50. The maximum atomic E-state index is 5.79. The van der Waals surface area contributed by atoms with Crippen molar-refractivity contribution in [3.63, 3.8) is 0 Å². The molecule has 0 saturated carbocycles. The van der Waals surface area contributed by atoms with E-state index in [1.807, 2.05) is 13.0 Å². The highest BCUT2D eigenvalue weighted by molar-refractivity contribution is 7.15. The van der Waals surface area contributed by atoms with Crippen LogP contribution in [0, 0.1) is 6.92 Å². The fourth-order valence-electron chi connectivity index (χ4n) is 2.29. The first-order valence-electron chi connectivity index (χ1n) is 5.67. The lowest BCUT2D eigenvalue weighted by atomic mass is 10.1. The number of hydrogen-bond donors (Lipinski definition) is 2. The molecule has 3 rings (SSSR count). The number of fused-ring (bicyclic) bond motifs is 1. The molecule has 17 heavy (non-hydrogen) atoms. The highest BCUT2D eigenvalue weighted by atomic mass is 32.1. The quantitative estimate of drug-likeness (QED) is 0.799. The van der Waals surface area contributed by atoms with Crippen molar-refractivity contribution in [1.82, 2.24) is 10.2 Å². The van der Waals surface area contributed by atoms with Crippen molar-refractivity contribution >= 4 is 22.2 Å². The van der Waals surface area contributed by atoms with Gasteiger partial charge in [-0.1, -0.05) is 17.4 Å². The molecule has 0 radical (unpaired) electrons. The number of nitrogens with two attached hydrogens (primary N) is 1. The summed E-state index contributed by atoms with van der Waals surface area (Å²) in [6, 6.07) is 6.49. The second kappa shape index (κ2) is 4.00. The van der Waals surface area contributed by atoms with Gasteiger partial charge in [0.1, 0.15) is 5.01 Å². The van der Waals surface area contributed by atoms with Crippen LogP contribution >= 0.6 is 11.3 Å². The molecular formula is C12H14N4S. The van der Waals surface area contributed by atoms with Crippen LogP contribution in [0.3, 0.4) is 0 Å². The van der Waals surface area contributed by atoms with E-state index >= 15 is 0 Å². The van der Waals surface area contributed by atoms with E-state index in [2.05, 4.69) is 27.6 Å². The number of nitrogens with zero attached hydrogens (tertiary/aromatic N) is 2. The predicted octanol–water partition coefficient (Wildman–Crippen LogP) is 2.53. The third kappa shape index (κ3) is 1.98. The van der Waals surface area contributed by atoms with Gasteiger partial charge in [0, 0.05) is 5.69 Å². The summed E-state index contributed by atoms with van der Waals surface area (Å²) >= 11 is 1.59. The van der Waals surface area contributed by atoms with Gasteiger partial charge in [-0.15, -0.1) is 10.2 Å². The smallest absolute Gasteiger partial charge is 0.206 e. The van der Waals surface area contributed by atoms with Crippen molar-refractivity contribution in [2.75, 3.05) is 11.1 Å². The lowest BCUT2D eigenvalue weighted by molar-refractivity contribution is 0.758. The summed E-state index contributed by atoms with van der Waals surface area (Å²) in [6.45, 7) is 1.96. The van der Waals surface area contributed by atoms with Crippen LogP contribution in [0.1, 0.15) is 28.6 Å². The van der Waals surface area contributed by atoms with Crippen molar-refractivity contribution in [3.8, 4) is 0 Å². The molecule has 0 aliphatic heterocycles. The number of benzene rings is 1. The second-order valence-electron chi connectivity index (χ2n) is 4.32. The van der Waals surface area contributed by atoms with E-state index in [1.54, 1.807) is 11.3 Å². The Bertz CT molecular complexity index is 549. The third-order valence-electron chi connectivity index (χ3n) is 3.07. The molecule has 1 aromatic carbocycles. The first kappa shape index (κ1) is 10.5. The lowest BCUT2D eigenvalue weighted by Gasteiger charge is -2.12.